The minimum atomic E-state index is 0. The fourth-order valence-electron chi connectivity index (χ4n) is 0.248. The molecule has 1 aliphatic carbocycles. The van der Waals surface area contributed by atoms with Crippen LogP contribution in [0.2, 0.25) is 0 Å². The van der Waals surface area contributed by atoms with Crippen molar-refractivity contribution in [2.45, 2.75) is 12.5 Å². The molecule has 4 heteroatoms. The van der Waals surface area contributed by atoms with Crippen molar-refractivity contribution >= 4 is 0 Å². The van der Waals surface area contributed by atoms with E-state index in [-0.39, 0.29) is 38.1 Å². The smallest absolute Gasteiger partial charge is 0.677 e. The molecule has 0 aromatic rings. The number of nitrogens with one attached hydrogen (secondary N) is 1. The van der Waals surface area contributed by atoms with E-state index in [1.54, 1.807) is 0 Å². The van der Waals surface area contributed by atoms with Crippen LogP contribution in [0.4, 0.5) is 0 Å². The molecule has 5 N–H and O–H groups in total. The first-order valence-corrected chi connectivity index (χ1v) is 1.85. The summed E-state index contributed by atoms with van der Waals surface area (Å²) in [7, 11) is 0. The second-order valence-electron chi connectivity index (χ2n) is 1.60. The average molecular weight is 300 g/mol. The Morgan fingerprint density at radius 3 is 1.50 bits per heavy atom. The van der Waals surface area contributed by atoms with Gasteiger partial charge >= 0.3 is 21.1 Å². The van der Waals surface area contributed by atoms with Crippen molar-refractivity contribution in [3.05, 3.63) is 12.7 Å². The van der Waals surface area contributed by atoms with Crippen molar-refractivity contribution in [2.24, 2.45) is 5.92 Å². The van der Waals surface area contributed by atoms with Crippen LogP contribution in [0.15, 0.2) is 0 Å². The molecule has 0 aromatic heterocycles. The Balaban J connectivity index is -0.0000000833. The number of rotatable bonds is 0. The van der Waals surface area contributed by atoms with Crippen LogP contribution in [0.1, 0.15) is 6.42 Å². The fraction of sp³-hybridized carbons (Fsp3) is 0.750. The van der Waals surface area contributed by atoms with Crippen LogP contribution >= 0.6 is 0 Å². The van der Waals surface area contributed by atoms with Gasteiger partial charge in [-0.1, -0.05) is 6.42 Å². The monoisotopic (exact) mass is 300 g/mol. The van der Waals surface area contributed by atoms with Crippen LogP contribution < -0.4 is 0 Å². The first kappa shape index (κ1) is 15.8. The van der Waals surface area contributed by atoms with Gasteiger partial charge in [-0.2, -0.15) is 12.0 Å². The minimum absolute atomic E-state index is 0. The third-order valence-electron chi connectivity index (χ3n) is 0.923. The molecule has 0 aromatic carbocycles. The molecule has 2 atom stereocenters. The van der Waals surface area contributed by atoms with Gasteiger partial charge in [-0.3, -0.25) is 0 Å². The second-order valence-corrected chi connectivity index (χ2v) is 1.60. The van der Waals surface area contributed by atoms with Crippen LogP contribution in [0.5, 0.6) is 0 Å². The minimum Gasteiger partial charge on any atom is -0.677 e. The van der Waals surface area contributed by atoms with Gasteiger partial charge in [0.1, 0.15) is 0 Å². The largest absolute Gasteiger partial charge is 2.00 e. The van der Waals surface area contributed by atoms with E-state index < -0.39 is 0 Å². The maximum atomic E-state index is 6.84. The van der Waals surface area contributed by atoms with E-state index in [9.17, 15) is 0 Å². The standard InChI is InChI=1S/C4H7N.2H2O.Pt/c1-3-2-4(3)5;;;/h3-5H,1-2H2;2*1H2;/q-2;;;+2. The molecule has 0 bridgehead atoms. The third-order valence-corrected chi connectivity index (χ3v) is 0.923. The molecule has 1 fully saturated rings. The van der Waals surface area contributed by atoms with Gasteiger partial charge in [0.05, 0.1) is 0 Å². The molecule has 0 radical (unpaired) electrons. The SMILES string of the molecule is O.O.[CH2-]C1CC1[NH-].[Pt+2]. The molecular weight excluding hydrogens is 289 g/mol. The van der Waals surface area contributed by atoms with E-state index in [1.165, 1.54) is 0 Å². The molecular formula is C4H11NO2Pt. The molecule has 54 valence electrons. The summed E-state index contributed by atoms with van der Waals surface area (Å²) in [5.74, 6) is 0.468. The summed E-state index contributed by atoms with van der Waals surface area (Å²) < 4.78 is 0. The van der Waals surface area contributed by atoms with Crippen molar-refractivity contribution in [1.82, 2.24) is 0 Å². The molecule has 0 spiro atoms. The first-order valence-electron chi connectivity index (χ1n) is 1.85. The van der Waals surface area contributed by atoms with Gasteiger partial charge in [0.2, 0.25) is 0 Å². The Labute approximate surface area is 63.5 Å². The van der Waals surface area contributed by atoms with Gasteiger partial charge in [0.15, 0.2) is 0 Å². The molecule has 0 saturated heterocycles. The van der Waals surface area contributed by atoms with Gasteiger partial charge < -0.3 is 23.6 Å². The molecule has 0 aliphatic heterocycles. The van der Waals surface area contributed by atoms with Gasteiger partial charge in [0.25, 0.3) is 0 Å². The average Bonchev–Trinajstić information content (AvgIpc) is 1.79. The van der Waals surface area contributed by atoms with Crippen molar-refractivity contribution in [2.75, 3.05) is 0 Å². The van der Waals surface area contributed by atoms with Gasteiger partial charge in [-0.15, -0.1) is 0 Å². The van der Waals surface area contributed by atoms with E-state index in [2.05, 4.69) is 6.92 Å². The molecule has 3 nitrogen and oxygen atoms in total. The number of hydrogen-bond donors (Lipinski definition) is 0. The van der Waals surface area contributed by atoms with Crippen LogP contribution in [0.3, 0.4) is 0 Å². The first-order chi connectivity index (χ1) is 2.30. The predicted molar refractivity (Wildman–Crippen MR) is 28.8 cm³/mol. The van der Waals surface area contributed by atoms with Crippen molar-refractivity contribution in [3.8, 4) is 0 Å². The topological polar surface area (TPSA) is 86.8 Å². The van der Waals surface area contributed by atoms with Crippen LogP contribution in [-0.4, -0.2) is 17.0 Å². The summed E-state index contributed by atoms with van der Waals surface area (Å²) in [5, 5.41) is 0. The van der Waals surface area contributed by atoms with Crippen molar-refractivity contribution in [1.29, 1.82) is 0 Å². The molecule has 1 saturated carbocycles. The zero-order valence-electron chi connectivity index (χ0n) is 4.39. The van der Waals surface area contributed by atoms with E-state index in [0.29, 0.717) is 5.92 Å². The van der Waals surface area contributed by atoms with Crippen LogP contribution in [-0.2, 0) is 21.1 Å². The van der Waals surface area contributed by atoms with Crippen LogP contribution in [0, 0.1) is 12.8 Å². The van der Waals surface area contributed by atoms with Gasteiger partial charge in [-0.25, -0.2) is 0 Å². The Morgan fingerprint density at radius 1 is 1.38 bits per heavy atom. The molecule has 1 rings (SSSR count). The quantitative estimate of drug-likeness (QED) is 0.546. The normalized spacial score (nSPS) is 30.8. The Kier molecular flexibility index (Phi) is 11.3. The van der Waals surface area contributed by atoms with Crippen molar-refractivity contribution < 1.29 is 32.0 Å². The molecule has 0 amide bonds. The second kappa shape index (κ2) is 5.70. The Morgan fingerprint density at radius 2 is 1.50 bits per heavy atom. The van der Waals surface area contributed by atoms with E-state index >= 15 is 0 Å². The summed E-state index contributed by atoms with van der Waals surface area (Å²) >= 11 is 0. The van der Waals surface area contributed by atoms with Crippen molar-refractivity contribution in [3.63, 3.8) is 0 Å². The van der Waals surface area contributed by atoms with Gasteiger partial charge in [-0.05, 0) is 0 Å². The molecule has 8 heavy (non-hydrogen) atoms. The summed E-state index contributed by atoms with van der Waals surface area (Å²) in [6.07, 6.45) is 1.03. The predicted octanol–water partition coefficient (Wildman–Crippen LogP) is -0.391. The maximum Gasteiger partial charge on any atom is 2.00 e. The molecule has 1 aliphatic rings. The summed E-state index contributed by atoms with van der Waals surface area (Å²) in [6, 6.07) is 0.190. The summed E-state index contributed by atoms with van der Waals surface area (Å²) in [6.45, 7) is 3.64. The summed E-state index contributed by atoms with van der Waals surface area (Å²) in [4.78, 5) is 0. The van der Waals surface area contributed by atoms with Crippen LogP contribution in [0.25, 0.3) is 5.73 Å². The Bertz CT molecular complexity index is 47.3. The zero-order valence-corrected chi connectivity index (χ0v) is 6.66. The van der Waals surface area contributed by atoms with E-state index in [4.69, 9.17) is 5.73 Å². The maximum absolute atomic E-state index is 6.84. The fourth-order valence-corrected chi connectivity index (χ4v) is 0.248. The number of hydrogen-bond acceptors (Lipinski definition) is 0. The van der Waals surface area contributed by atoms with Gasteiger partial charge in [0, 0.05) is 0 Å². The zero-order chi connectivity index (χ0) is 3.86. The molecule has 2 unspecified atom stereocenters. The third kappa shape index (κ3) is 4.72. The van der Waals surface area contributed by atoms with E-state index in [0.717, 1.165) is 6.42 Å². The van der Waals surface area contributed by atoms with E-state index in [1.807, 2.05) is 0 Å². The molecule has 0 heterocycles. The summed E-state index contributed by atoms with van der Waals surface area (Å²) in [5.41, 5.74) is 6.84. The Hall–Kier alpha value is 0.568.